The number of ether oxygens (including phenoxy) is 3. The highest BCUT2D eigenvalue weighted by molar-refractivity contribution is 7.46. The zero-order chi connectivity index (χ0) is 43.9. The predicted octanol–water partition coefficient (Wildman–Crippen LogP) is -6.11. The number of H-pyrrole nitrogens is 1. The Morgan fingerprint density at radius 2 is 1.00 bits per heavy atom. The molecule has 0 aromatic carbocycles. The molecule has 31 heteroatoms. The van der Waals surface area contributed by atoms with Crippen molar-refractivity contribution in [2.75, 3.05) is 31.3 Å². The van der Waals surface area contributed by atoms with E-state index in [1.165, 1.54) is 51.7 Å². The standard InChI is InChI=1S/C10H14N5O7P.C10H13N5O4.C10H12N4O5/c11-8-5-9(13-2-12-8)15(3-14-5)10-7(17)6(16)4(22-10)1-21-23(18,19)20;11-8-5-9(13-2-12-8)15(3-14-5)10-7(18)6(17)4(1-16)19-10;15-1-4-6(16)7(17)10(19-4)14-3-13-5-8(14)11-2-12-9(5)18/h2-4,6-7,10,16-17H,1H2,(H2,11,12,13)(H2,18,19,20);2-4,6-7,10,16-18H,1H2,(H2,11,12,13);2-4,6-7,10,15-17H,1H2,(H,11,12,18)/t3*4-,6-,7-,10-/m111/s1. The zero-order valence-corrected chi connectivity index (χ0v) is 31.9. The number of nitrogens with one attached hydrogen (secondary N) is 1. The van der Waals surface area contributed by atoms with E-state index in [-0.39, 0.29) is 28.4 Å². The van der Waals surface area contributed by atoms with Crippen molar-refractivity contribution >= 4 is 53.0 Å². The van der Waals surface area contributed by atoms with E-state index in [0.717, 1.165) is 0 Å². The number of nitrogens with two attached hydrogens (primary N) is 2. The molecule has 6 aromatic rings. The number of imidazole rings is 3. The molecule has 30 nitrogen and oxygen atoms in total. The third-order valence-electron chi connectivity index (χ3n) is 9.74. The Morgan fingerprint density at radius 1 is 0.607 bits per heavy atom. The van der Waals surface area contributed by atoms with Gasteiger partial charge < -0.3 is 81.3 Å². The number of aromatic amines is 1. The Labute approximate surface area is 338 Å². The maximum atomic E-state index is 11.5. The van der Waals surface area contributed by atoms with Gasteiger partial charge in [0.15, 0.2) is 52.8 Å². The number of phosphoric acid groups is 1. The number of aliphatic hydroxyl groups is 8. The van der Waals surface area contributed by atoms with Crippen molar-refractivity contribution in [2.24, 2.45) is 0 Å². The fourth-order valence-corrected chi connectivity index (χ4v) is 6.99. The number of aromatic nitrogens is 12. The molecule has 3 saturated heterocycles. The fraction of sp³-hybridized carbons (Fsp3) is 0.500. The smallest absolute Gasteiger partial charge is 0.394 e. The van der Waals surface area contributed by atoms with Gasteiger partial charge in [-0.3, -0.25) is 23.0 Å². The van der Waals surface area contributed by atoms with Crippen molar-refractivity contribution in [1.82, 2.24) is 58.6 Å². The number of hydrogen-bond acceptors (Lipinski definition) is 24. The summed E-state index contributed by atoms with van der Waals surface area (Å²) >= 11 is 0. The van der Waals surface area contributed by atoms with E-state index in [9.17, 15) is 40.0 Å². The van der Waals surface area contributed by atoms with Gasteiger partial charge in [0.2, 0.25) is 0 Å². The number of hydrogen-bond donors (Lipinski definition) is 13. The number of aliphatic hydroxyl groups excluding tert-OH is 8. The molecular weight excluding hydrogens is 843 g/mol. The zero-order valence-electron chi connectivity index (χ0n) is 31.0. The lowest BCUT2D eigenvalue weighted by Gasteiger charge is -2.16. The highest BCUT2D eigenvalue weighted by Crippen LogP contribution is 2.39. The number of anilines is 2. The molecule has 0 amide bonds. The van der Waals surface area contributed by atoms with Crippen LogP contribution >= 0.6 is 7.82 Å². The first kappa shape index (κ1) is 43.8. The average molecular weight is 883 g/mol. The molecule has 15 N–H and O–H groups in total. The summed E-state index contributed by atoms with van der Waals surface area (Å²) < 4.78 is 35.4. The van der Waals surface area contributed by atoms with Crippen LogP contribution in [-0.4, -0.2) is 184 Å². The summed E-state index contributed by atoms with van der Waals surface area (Å²) in [5.41, 5.74) is 12.6. The van der Waals surface area contributed by atoms with Crippen molar-refractivity contribution < 1.29 is 73.9 Å². The molecule has 9 heterocycles. The molecule has 0 radical (unpaired) electrons. The van der Waals surface area contributed by atoms with E-state index < -0.39 is 107 Å². The molecule has 0 bridgehead atoms. The maximum Gasteiger partial charge on any atom is 0.469 e. The first-order chi connectivity index (χ1) is 29.0. The Morgan fingerprint density at radius 3 is 1.41 bits per heavy atom. The van der Waals surface area contributed by atoms with Gasteiger partial charge in [-0.1, -0.05) is 0 Å². The third kappa shape index (κ3) is 8.51. The molecular formula is C30H39N14O16P. The van der Waals surface area contributed by atoms with Gasteiger partial charge in [0.1, 0.15) is 78.6 Å². The summed E-state index contributed by atoms with van der Waals surface area (Å²) in [7, 11) is -4.72. The normalized spacial score (nSPS) is 30.1. The van der Waals surface area contributed by atoms with Crippen LogP contribution in [0.2, 0.25) is 0 Å². The van der Waals surface area contributed by atoms with E-state index in [2.05, 4.69) is 49.4 Å². The Kier molecular flexibility index (Phi) is 12.6. The van der Waals surface area contributed by atoms with Crippen molar-refractivity contribution in [3.8, 4) is 0 Å². The van der Waals surface area contributed by atoms with E-state index in [0.29, 0.717) is 16.7 Å². The van der Waals surface area contributed by atoms with Crippen LogP contribution in [0, 0.1) is 0 Å². The summed E-state index contributed by atoms with van der Waals surface area (Å²) in [5.74, 6) is 0.360. The van der Waals surface area contributed by atoms with Crippen LogP contribution < -0.4 is 17.0 Å². The molecule has 6 aromatic heterocycles. The van der Waals surface area contributed by atoms with E-state index >= 15 is 0 Å². The molecule has 9 rings (SSSR count). The van der Waals surface area contributed by atoms with Gasteiger partial charge in [0.25, 0.3) is 5.56 Å². The molecule has 330 valence electrons. The van der Waals surface area contributed by atoms with Crippen LogP contribution in [0.5, 0.6) is 0 Å². The second-order valence-corrected chi connectivity index (χ2v) is 14.8. The van der Waals surface area contributed by atoms with Crippen molar-refractivity contribution in [3.05, 3.63) is 48.3 Å². The number of nitrogen functional groups attached to an aromatic ring is 2. The minimum absolute atomic E-state index is 0.111. The summed E-state index contributed by atoms with van der Waals surface area (Å²) in [6.45, 7) is -1.41. The SMILES string of the molecule is Nc1ncnc2c1ncn2[C@@H]1O[C@H](CO)[C@@H](O)[C@H]1O.Nc1ncnc2c1ncn2[C@@H]1O[C@H](COP(=O)(O)O)[C@@H](O)[C@H]1O.O=c1[nH]cnc2c1ncn2[C@@H]1O[C@H](CO)[C@@H](O)[C@H]1O. The number of nitrogens with zero attached hydrogens (tertiary/aromatic N) is 11. The van der Waals surface area contributed by atoms with Crippen LogP contribution in [0.3, 0.4) is 0 Å². The van der Waals surface area contributed by atoms with Crippen molar-refractivity contribution in [2.45, 2.75) is 73.6 Å². The quantitative estimate of drug-likeness (QED) is 0.0633. The summed E-state index contributed by atoms with van der Waals surface area (Å²) in [6.07, 6.45) is -5.70. The van der Waals surface area contributed by atoms with E-state index in [4.69, 9.17) is 45.7 Å². The largest absolute Gasteiger partial charge is 0.469 e. The minimum Gasteiger partial charge on any atom is -0.394 e. The summed E-state index contributed by atoms with van der Waals surface area (Å²) in [6, 6.07) is 0. The monoisotopic (exact) mass is 882 g/mol. The predicted molar refractivity (Wildman–Crippen MR) is 198 cm³/mol. The first-order valence-corrected chi connectivity index (χ1v) is 19.3. The molecule has 3 aliphatic rings. The Hall–Kier alpha value is -5.28. The van der Waals surface area contributed by atoms with Crippen LogP contribution in [0.15, 0.2) is 42.8 Å². The van der Waals surface area contributed by atoms with Crippen molar-refractivity contribution in [1.29, 1.82) is 0 Å². The van der Waals surface area contributed by atoms with Gasteiger partial charge in [0, 0.05) is 0 Å². The molecule has 0 saturated carbocycles. The molecule has 0 spiro atoms. The summed E-state index contributed by atoms with van der Waals surface area (Å²) in [4.78, 5) is 62.8. The molecule has 0 aliphatic carbocycles. The molecule has 0 unspecified atom stereocenters. The molecule has 3 fully saturated rings. The second kappa shape index (κ2) is 17.6. The third-order valence-corrected chi connectivity index (χ3v) is 10.2. The minimum atomic E-state index is -4.72. The topological polar surface area (TPSA) is 459 Å². The average Bonchev–Trinajstić information content (AvgIpc) is 4.09. The maximum absolute atomic E-state index is 11.5. The Balaban J connectivity index is 0.000000139. The lowest BCUT2D eigenvalue weighted by Crippen LogP contribution is -2.33. The number of rotatable bonds is 8. The van der Waals surface area contributed by atoms with Gasteiger partial charge in [-0.25, -0.2) is 44.4 Å². The van der Waals surface area contributed by atoms with E-state index in [1.807, 2.05) is 0 Å². The van der Waals surface area contributed by atoms with Crippen molar-refractivity contribution in [3.63, 3.8) is 0 Å². The summed E-state index contributed by atoms with van der Waals surface area (Å²) in [5, 5.41) is 77.4. The molecule has 61 heavy (non-hydrogen) atoms. The fourth-order valence-electron chi connectivity index (χ4n) is 6.65. The van der Waals surface area contributed by atoms with Gasteiger partial charge >= 0.3 is 7.82 Å². The van der Waals surface area contributed by atoms with Crippen LogP contribution in [0.25, 0.3) is 33.5 Å². The number of phosphoric ester groups is 1. The Bertz CT molecular complexity index is 2570. The van der Waals surface area contributed by atoms with Crippen LogP contribution in [0.4, 0.5) is 11.6 Å². The van der Waals surface area contributed by atoms with Crippen LogP contribution in [0.1, 0.15) is 18.7 Å². The first-order valence-electron chi connectivity index (χ1n) is 17.8. The lowest BCUT2D eigenvalue weighted by molar-refractivity contribution is -0.0511. The molecule has 3 aliphatic heterocycles. The van der Waals surface area contributed by atoms with E-state index in [1.54, 1.807) is 0 Å². The highest BCUT2D eigenvalue weighted by atomic mass is 31.2. The van der Waals surface area contributed by atoms with Crippen LogP contribution in [-0.2, 0) is 23.3 Å². The van der Waals surface area contributed by atoms with Gasteiger partial charge in [-0.15, -0.1) is 0 Å². The van der Waals surface area contributed by atoms with Gasteiger partial charge in [-0.05, 0) is 0 Å². The van der Waals surface area contributed by atoms with Gasteiger partial charge in [-0.2, -0.15) is 0 Å². The second-order valence-electron chi connectivity index (χ2n) is 13.5. The number of fused-ring (bicyclic) bond motifs is 3. The highest BCUT2D eigenvalue weighted by Gasteiger charge is 2.46. The lowest BCUT2D eigenvalue weighted by atomic mass is 10.1. The molecule has 12 atom stereocenters. The van der Waals surface area contributed by atoms with Gasteiger partial charge in [0.05, 0.1) is 45.1 Å².